The molecule has 1 atom stereocenters. The largest absolute Gasteiger partial charge is 0.192 e. The zero-order chi connectivity index (χ0) is 9.84. The second-order valence-corrected chi connectivity index (χ2v) is 3.35. The normalized spacial score (nSPS) is 11.8. The Balaban J connectivity index is 3.17. The van der Waals surface area contributed by atoms with E-state index in [0.717, 1.165) is 5.56 Å². The van der Waals surface area contributed by atoms with Gasteiger partial charge in [0, 0.05) is 5.02 Å². The van der Waals surface area contributed by atoms with Crippen molar-refractivity contribution < 1.29 is 0 Å². The maximum atomic E-state index is 8.71. The predicted molar refractivity (Wildman–Crippen MR) is 54.8 cm³/mol. The minimum Gasteiger partial charge on any atom is -0.192 e. The van der Waals surface area contributed by atoms with Gasteiger partial charge in [-0.15, -0.1) is 6.58 Å². The highest BCUT2D eigenvalue weighted by molar-refractivity contribution is 6.30. The molecular weight excluding hydrogens is 182 g/mol. The van der Waals surface area contributed by atoms with Crippen molar-refractivity contribution in [1.29, 1.82) is 5.26 Å². The molecule has 0 aliphatic heterocycles. The Kier molecular flexibility index (Phi) is 3.11. The molecule has 2 heteroatoms. The number of rotatable bonds is 2. The van der Waals surface area contributed by atoms with Crippen LogP contribution in [0.5, 0.6) is 0 Å². The molecule has 66 valence electrons. The number of benzene rings is 1. The van der Waals surface area contributed by atoms with Gasteiger partial charge in [-0.2, -0.15) is 5.26 Å². The van der Waals surface area contributed by atoms with Crippen molar-refractivity contribution in [3.63, 3.8) is 0 Å². The van der Waals surface area contributed by atoms with Gasteiger partial charge in [0.15, 0.2) is 0 Å². The van der Waals surface area contributed by atoms with Crippen LogP contribution in [-0.4, -0.2) is 0 Å². The van der Waals surface area contributed by atoms with Crippen molar-refractivity contribution in [3.05, 3.63) is 47.0 Å². The van der Waals surface area contributed by atoms with Crippen molar-refractivity contribution in [1.82, 2.24) is 0 Å². The van der Waals surface area contributed by atoms with Crippen LogP contribution in [0.4, 0.5) is 0 Å². The summed E-state index contributed by atoms with van der Waals surface area (Å²) in [6.45, 7) is 5.71. The Morgan fingerprint density at radius 1 is 1.54 bits per heavy atom. The van der Waals surface area contributed by atoms with Crippen LogP contribution in [0.3, 0.4) is 0 Å². The van der Waals surface area contributed by atoms with E-state index in [1.807, 2.05) is 25.1 Å². The molecule has 0 amide bonds. The van der Waals surface area contributed by atoms with Gasteiger partial charge in [-0.3, -0.25) is 0 Å². The zero-order valence-corrected chi connectivity index (χ0v) is 8.17. The second-order valence-electron chi connectivity index (χ2n) is 2.91. The van der Waals surface area contributed by atoms with Crippen molar-refractivity contribution in [3.8, 4) is 6.07 Å². The Morgan fingerprint density at radius 2 is 2.23 bits per heavy atom. The molecule has 0 spiro atoms. The predicted octanol–water partition coefficient (Wildman–Crippen LogP) is 3.50. The van der Waals surface area contributed by atoms with Gasteiger partial charge in [0.05, 0.1) is 11.6 Å². The third-order valence-electron chi connectivity index (χ3n) is 1.93. The molecule has 0 N–H and O–H groups in total. The quantitative estimate of drug-likeness (QED) is 0.657. The third-order valence-corrected chi connectivity index (χ3v) is 2.15. The average molecular weight is 192 g/mol. The minimum absolute atomic E-state index is 0.228. The van der Waals surface area contributed by atoms with Crippen molar-refractivity contribution in [2.75, 3.05) is 0 Å². The molecule has 1 rings (SSSR count). The molecule has 0 aliphatic rings. The topological polar surface area (TPSA) is 23.8 Å². The smallest absolute Gasteiger partial charge is 0.0992 e. The Hall–Kier alpha value is -1.26. The summed E-state index contributed by atoms with van der Waals surface area (Å²) in [5.74, 6) is 0.228. The van der Waals surface area contributed by atoms with Gasteiger partial charge in [-0.25, -0.2) is 0 Å². The summed E-state index contributed by atoms with van der Waals surface area (Å²) in [6.07, 6.45) is 1.83. The summed E-state index contributed by atoms with van der Waals surface area (Å²) in [6, 6.07) is 7.41. The summed E-state index contributed by atoms with van der Waals surface area (Å²) in [7, 11) is 0. The molecule has 1 unspecified atom stereocenters. The molecule has 0 fully saturated rings. The van der Waals surface area contributed by atoms with Crippen molar-refractivity contribution in [2.45, 2.75) is 12.8 Å². The lowest BCUT2D eigenvalue weighted by atomic mass is 10.00. The molecule has 0 heterocycles. The number of nitrogens with zero attached hydrogens (tertiary/aromatic N) is 1. The lowest BCUT2D eigenvalue weighted by Crippen LogP contribution is -1.89. The van der Waals surface area contributed by atoms with E-state index in [1.165, 1.54) is 0 Å². The Morgan fingerprint density at radius 3 is 2.77 bits per heavy atom. The van der Waals surface area contributed by atoms with E-state index in [2.05, 4.69) is 12.6 Å². The van der Waals surface area contributed by atoms with Gasteiger partial charge in [0.25, 0.3) is 0 Å². The third kappa shape index (κ3) is 2.34. The molecule has 0 radical (unpaired) electrons. The molecule has 1 nitrogen and oxygen atoms in total. The van der Waals surface area contributed by atoms with E-state index >= 15 is 0 Å². The molecule has 1 aromatic carbocycles. The molecular formula is C11H10ClN. The molecule has 0 saturated heterocycles. The lowest BCUT2D eigenvalue weighted by Gasteiger charge is -2.06. The SMILES string of the molecule is C=CC(C)c1cc(Cl)cc(C#N)c1. The van der Waals surface area contributed by atoms with Crippen molar-refractivity contribution >= 4 is 11.6 Å². The minimum atomic E-state index is 0.228. The maximum absolute atomic E-state index is 8.71. The van der Waals surface area contributed by atoms with Gasteiger partial charge in [0.2, 0.25) is 0 Å². The summed E-state index contributed by atoms with van der Waals surface area (Å²) < 4.78 is 0. The molecule has 1 aromatic rings. The number of hydrogen-bond donors (Lipinski definition) is 0. The summed E-state index contributed by atoms with van der Waals surface area (Å²) in [5, 5.41) is 9.31. The van der Waals surface area contributed by atoms with E-state index in [9.17, 15) is 0 Å². The number of nitriles is 1. The Bertz CT molecular complexity index is 363. The fourth-order valence-corrected chi connectivity index (χ4v) is 1.32. The van der Waals surface area contributed by atoms with Gasteiger partial charge in [0.1, 0.15) is 0 Å². The summed E-state index contributed by atoms with van der Waals surface area (Å²) >= 11 is 5.84. The van der Waals surface area contributed by atoms with Gasteiger partial charge < -0.3 is 0 Å². The van der Waals surface area contributed by atoms with Crippen LogP contribution in [0.1, 0.15) is 24.0 Å². The van der Waals surface area contributed by atoms with E-state index < -0.39 is 0 Å². The number of halogens is 1. The first-order chi connectivity index (χ1) is 6.17. The molecule has 0 aromatic heterocycles. The first-order valence-corrected chi connectivity index (χ1v) is 4.38. The second kappa shape index (κ2) is 4.11. The average Bonchev–Trinajstić information content (AvgIpc) is 2.15. The fraction of sp³-hybridized carbons (Fsp3) is 0.182. The highest BCUT2D eigenvalue weighted by atomic mass is 35.5. The molecule has 0 aliphatic carbocycles. The Labute approximate surface area is 83.3 Å². The molecule has 13 heavy (non-hydrogen) atoms. The standard InChI is InChI=1S/C11H10ClN/c1-3-8(2)10-4-9(7-13)5-11(12)6-10/h3-6,8H,1H2,2H3. The first-order valence-electron chi connectivity index (χ1n) is 4.00. The number of allylic oxidation sites excluding steroid dienone is 1. The fourth-order valence-electron chi connectivity index (χ4n) is 1.08. The van der Waals surface area contributed by atoms with Gasteiger partial charge in [-0.1, -0.05) is 24.6 Å². The zero-order valence-electron chi connectivity index (χ0n) is 7.42. The molecule has 0 saturated carbocycles. The van der Waals surface area contributed by atoms with Crippen LogP contribution in [0.2, 0.25) is 5.02 Å². The first kappa shape index (κ1) is 9.83. The van der Waals surface area contributed by atoms with E-state index in [-0.39, 0.29) is 5.92 Å². The summed E-state index contributed by atoms with van der Waals surface area (Å²) in [5.41, 5.74) is 1.62. The lowest BCUT2D eigenvalue weighted by molar-refractivity contribution is 0.970. The highest BCUT2D eigenvalue weighted by Gasteiger charge is 2.03. The van der Waals surface area contributed by atoms with Crippen molar-refractivity contribution in [2.24, 2.45) is 0 Å². The van der Waals surface area contributed by atoms with Gasteiger partial charge in [-0.05, 0) is 29.7 Å². The van der Waals surface area contributed by atoms with Crippen LogP contribution < -0.4 is 0 Å². The van der Waals surface area contributed by atoms with Crippen LogP contribution in [0.25, 0.3) is 0 Å². The molecule has 0 bridgehead atoms. The van der Waals surface area contributed by atoms with Crippen LogP contribution >= 0.6 is 11.6 Å². The van der Waals surface area contributed by atoms with Crippen LogP contribution in [0, 0.1) is 11.3 Å². The maximum Gasteiger partial charge on any atom is 0.0992 e. The van der Waals surface area contributed by atoms with E-state index in [0.29, 0.717) is 10.6 Å². The van der Waals surface area contributed by atoms with E-state index in [4.69, 9.17) is 16.9 Å². The summed E-state index contributed by atoms with van der Waals surface area (Å²) in [4.78, 5) is 0. The van der Waals surface area contributed by atoms with E-state index in [1.54, 1.807) is 6.07 Å². The monoisotopic (exact) mass is 191 g/mol. The van der Waals surface area contributed by atoms with Crippen LogP contribution in [-0.2, 0) is 0 Å². The van der Waals surface area contributed by atoms with Gasteiger partial charge >= 0.3 is 0 Å². The highest BCUT2D eigenvalue weighted by Crippen LogP contribution is 2.22. The van der Waals surface area contributed by atoms with Crippen LogP contribution in [0.15, 0.2) is 30.9 Å². The number of hydrogen-bond acceptors (Lipinski definition) is 1.